The molecule has 36 heavy (non-hydrogen) atoms. The zero-order chi connectivity index (χ0) is 25.1. The molecular weight excluding hydrogens is 454 g/mol. The Balaban J connectivity index is 1.36. The van der Waals surface area contributed by atoms with Crippen LogP contribution < -0.4 is 26.0 Å². The number of nitrogens with zero attached hydrogens (tertiary/aromatic N) is 4. The molecule has 5 rings (SSSR count). The Hall–Kier alpha value is -4.37. The van der Waals surface area contributed by atoms with Crippen LogP contribution in [0.3, 0.4) is 0 Å². The van der Waals surface area contributed by atoms with Gasteiger partial charge in [-0.25, -0.2) is 4.98 Å². The summed E-state index contributed by atoms with van der Waals surface area (Å²) in [6, 6.07) is 13.1. The van der Waals surface area contributed by atoms with Gasteiger partial charge in [0.25, 0.3) is 0 Å². The molecule has 0 saturated carbocycles. The summed E-state index contributed by atoms with van der Waals surface area (Å²) in [5, 5.41) is 6.01. The van der Waals surface area contributed by atoms with Crippen molar-refractivity contribution in [3.8, 4) is 11.6 Å². The average molecular weight is 484 g/mol. The van der Waals surface area contributed by atoms with E-state index in [0.29, 0.717) is 35.4 Å². The number of fused-ring (bicyclic) bond motifs is 1. The maximum absolute atomic E-state index is 11.6. The van der Waals surface area contributed by atoms with Gasteiger partial charge in [0.2, 0.25) is 17.7 Å². The Morgan fingerprint density at radius 3 is 2.72 bits per heavy atom. The molecule has 0 unspecified atom stereocenters. The summed E-state index contributed by atoms with van der Waals surface area (Å²) in [4.78, 5) is 25.6. The Bertz CT molecular complexity index is 1330. The predicted molar refractivity (Wildman–Crippen MR) is 144 cm³/mol. The van der Waals surface area contributed by atoms with E-state index in [2.05, 4.69) is 44.0 Å². The Labute approximate surface area is 210 Å². The van der Waals surface area contributed by atoms with E-state index in [1.165, 1.54) is 6.08 Å². The number of aromatic nitrogens is 2. The number of anilines is 5. The predicted octanol–water partition coefficient (Wildman–Crippen LogP) is 4.04. The number of carbonyl (C=O) groups is 1. The van der Waals surface area contributed by atoms with Gasteiger partial charge in [0.1, 0.15) is 5.75 Å². The number of nitrogen functional groups attached to an aromatic ring is 1. The van der Waals surface area contributed by atoms with Gasteiger partial charge >= 0.3 is 0 Å². The number of piperazine rings is 1. The lowest BCUT2D eigenvalue weighted by Gasteiger charge is -2.34. The molecule has 2 aliphatic rings. The maximum atomic E-state index is 11.6. The quantitative estimate of drug-likeness (QED) is 0.341. The molecule has 3 aromatic rings. The molecule has 1 saturated heterocycles. The normalized spacial score (nSPS) is 14.9. The number of carbonyl (C=O) groups excluding carboxylic acids is 1. The first-order valence-electron chi connectivity index (χ1n) is 11.9. The molecule has 0 spiro atoms. The average Bonchev–Trinajstić information content (AvgIpc) is 3.34. The number of amides is 1. The topological polar surface area (TPSA) is 109 Å². The second kappa shape index (κ2) is 10.1. The van der Waals surface area contributed by atoms with Gasteiger partial charge < -0.3 is 30.9 Å². The van der Waals surface area contributed by atoms with Gasteiger partial charge in [-0.1, -0.05) is 24.8 Å². The van der Waals surface area contributed by atoms with E-state index in [1.807, 2.05) is 36.4 Å². The molecule has 1 aromatic heterocycles. The summed E-state index contributed by atoms with van der Waals surface area (Å²) >= 11 is 0. The van der Waals surface area contributed by atoms with Crippen molar-refractivity contribution in [1.29, 1.82) is 0 Å². The monoisotopic (exact) mass is 483 g/mol. The van der Waals surface area contributed by atoms with Crippen LogP contribution >= 0.6 is 0 Å². The number of hydrogen-bond acceptors (Lipinski definition) is 8. The minimum Gasteiger partial charge on any atom is -0.438 e. The second-order valence-corrected chi connectivity index (χ2v) is 8.83. The van der Waals surface area contributed by atoms with Crippen LogP contribution in [0.2, 0.25) is 0 Å². The molecule has 9 nitrogen and oxygen atoms in total. The van der Waals surface area contributed by atoms with E-state index in [9.17, 15) is 4.79 Å². The van der Waals surface area contributed by atoms with Gasteiger partial charge in [-0.15, -0.1) is 0 Å². The van der Waals surface area contributed by atoms with Crippen molar-refractivity contribution in [1.82, 2.24) is 14.9 Å². The van der Waals surface area contributed by atoms with Crippen LogP contribution in [-0.4, -0.2) is 54.0 Å². The lowest BCUT2D eigenvalue weighted by Crippen LogP contribution is -2.44. The van der Waals surface area contributed by atoms with E-state index in [0.717, 1.165) is 48.8 Å². The van der Waals surface area contributed by atoms with Crippen LogP contribution in [0.1, 0.15) is 11.3 Å². The highest BCUT2D eigenvalue weighted by atomic mass is 16.5. The lowest BCUT2D eigenvalue weighted by atomic mass is 10.2. The van der Waals surface area contributed by atoms with E-state index in [-0.39, 0.29) is 5.91 Å². The molecule has 2 heterocycles. The number of nitrogens with one attached hydrogen (secondary N) is 2. The van der Waals surface area contributed by atoms with Gasteiger partial charge in [-0.05, 0) is 43.5 Å². The second-order valence-electron chi connectivity index (χ2n) is 8.83. The van der Waals surface area contributed by atoms with E-state index < -0.39 is 0 Å². The fourth-order valence-electron chi connectivity index (χ4n) is 4.28. The van der Waals surface area contributed by atoms with Crippen LogP contribution in [0, 0.1) is 0 Å². The molecular formula is C27H29N7O2. The minimum atomic E-state index is -0.289. The molecule has 9 heteroatoms. The first kappa shape index (κ1) is 23.4. The Morgan fingerprint density at radius 1 is 1.11 bits per heavy atom. The van der Waals surface area contributed by atoms with Crippen molar-refractivity contribution in [3.05, 3.63) is 72.5 Å². The zero-order valence-electron chi connectivity index (χ0n) is 20.2. The highest BCUT2D eigenvalue weighted by molar-refractivity contribution is 5.98. The molecule has 4 N–H and O–H groups in total. The highest BCUT2D eigenvalue weighted by Gasteiger charge is 2.19. The SMILES string of the molecule is C=CC(=O)Nc1cccc(Oc2nc(Nc3ccc(N4CCN(C)CC4)c(N)c3)nc3c2C=CC3)c1. The van der Waals surface area contributed by atoms with Crippen LogP contribution in [-0.2, 0) is 11.2 Å². The van der Waals surface area contributed by atoms with Crippen molar-refractivity contribution >= 4 is 40.7 Å². The fourth-order valence-corrected chi connectivity index (χ4v) is 4.28. The summed E-state index contributed by atoms with van der Waals surface area (Å²) in [7, 11) is 2.13. The van der Waals surface area contributed by atoms with Crippen molar-refractivity contribution in [2.45, 2.75) is 6.42 Å². The third-order valence-electron chi connectivity index (χ3n) is 6.21. The number of likely N-dealkylation sites (N-methyl/N-ethyl adjacent to an activating group) is 1. The molecule has 1 amide bonds. The van der Waals surface area contributed by atoms with Gasteiger partial charge in [-0.3, -0.25) is 4.79 Å². The van der Waals surface area contributed by atoms with Crippen molar-refractivity contribution in [2.24, 2.45) is 0 Å². The molecule has 0 radical (unpaired) electrons. The van der Waals surface area contributed by atoms with Gasteiger partial charge in [-0.2, -0.15) is 4.98 Å². The third-order valence-corrected chi connectivity index (χ3v) is 6.21. The van der Waals surface area contributed by atoms with Crippen LogP contribution in [0.5, 0.6) is 11.6 Å². The molecule has 1 aliphatic heterocycles. The third kappa shape index (κ3) is 5.16. The summed E-state index contributed by atoms with van der Waals surface area (Å²) in [5.41, 5.74) is 11.3. The molecule has 1 aliphatic carbocycles. The van der Waals surface area contributed by atoms with Gasteiger partial charge in [0, 0.05) is 50.0 Å². The largest absolute Gasteiger partial charge is 0.438 e. The summed E-state index contributed by atoms with van der Waals surface area (Å²) in [5.74, 6) is 1.12. The fraction of sp³-hybridized carbons (Fsp3) is 0.222. The minimum absolute atomic E-state index is 0.289. The number of allylic oxidation sites excluding steroid dienone is 1. The van der Waals surface area contributed by atoms with Crippen molar-refractivity contribution in [2.75, 3.05) is 54.5 Å². The molecule has 0 atom stereocenters. The summed E-state index contributed by atoms with van der Waals surface area (Å²) < 4.78 is 6.13. The van der Waals surface area contributed by atoms with Crippen LogP contribution in [0.15, 0.2) is 61.2 Å². The van der Waals surface area contributed by atoms with Crippen molar-refractivity contribution in [3.63, 3.8) is 0 Å². The lowest BCUT2D eigenvalue weighted by molar-refractivity contribution is -0.111. The molecule has 1 fully saturated rings. The van der Waals surface area contributed by atoms with Crippen LogP contribution in [0.4, 0.5) is 28.7 Å². The van der Waals surface area contributed by atoms with Crippen LogP contribution in [0.25, 0.3) is 6.08 Å². The maximum Gasteiger partial charge on any atom is 0.247 e. The Kier molecular flexibility index (Phi) is 6.55. The first-order valence-corrected chi connectivity index (χ1v) is 11.9. The number of benzene rings is 2. The van der Waals surface area contributed by atoms with Gasteiger partial charge in [0.05, 0.1) is 22.6 Å². The van der Waals surface area contributed by atoms with E-state index in [4.69, 9.17) is 10.5 Å². The first-order chi connectivity index (χ1) is 17.5. The summed E-state index contributed by atoms with van der Waals surface area (Å²) in [6.07, 6.45) is 5.90. The Morgan fingerprint density at radius 2 is 1.94 bits per heavy atom. The zero-order valence-corrected chi connectivity index (χ0v) is 20.2. The molecule has 2 aromatic carbocycles. The van der Waals surface area contributed by atoms with E-state index >= 15 is 0 Å². The number of hydrogen-bond donors (Lipinski definition) is 3. The number of nitrogens with two attached hydrogens (primary N) is 1. The van der Waals surface area contributed by atoms with Gasteiger partial charge in [0.15, 0.2) is 0 Å². The molecule has 0 bridgehead atoms. The molecule has 184 valence electrons. The van der Waals surface area contributed by atoms with Crippen molar-refractivity contribution < 1.29 is 9.53 Å². The summed E-state index contributed by atoms with van der Waals surface area (Å²) in [6.45, 7) is 7.42. The van der Waals surface area contributed by atoms with E-state index in [1.54, 1.807) is 18.2 Å². The highest BCUT2D eigenvalue weighted by Crippen LogP contribution is 2.33. The smallest absolute Gasteiger partial charge is 0.247 e. The number of ether oxygens (including phenoxy) is 1. The number of rotatable bonds is 7. The standard InChI is InChI=1S/C27H29N7O2/c1-3-25(35)29-18-6-4-7-20(16-18)36-26-21-8-5-9-23(21)31-27(32-26)30-19-10-11-24(22(28)17-19)34-14-12-33(2)13-15-34/h3-8,10-11,16-17H,1,9,12-15,28H2,2H3,(H,29,35)(H,30,31,32).